The van der Waals surface area contributed by atoms with Gasteiger partial charge >= 0.3 is 7.12 Å². The molecule has 0 spiro atoms. The molecule has 0 saturated carbocycles. The molecule has 2 atom stereocenters. The first kappa shape index (κ1) is 18.1. The van der Waals surface area contributed by atoms with Gasteiger partial charge < -0.3 is 9.31 Å². The van der Waals surface area contributed by atoms with Crippen LogP contribution in [-0.2, 0) is 20.3 Å². The molecule has 6 heteroatoms. The summed E-state index contributed by atoms with van der Waals surface area (Å²) in [6, 6.07) is 0. The zero-order chi connectivity index (χ0) is 15.6. The Morgan fingerprint density at radius 1 is 1.25 bits per heavy atom. The van der Waals surface area contributed by atoms with Crippen molar-refractivity contribution in [1.82, 2.24) is 4.72 Å². The van der Waals surface area contributed by atoms with Gasteiger partial charge in [-0.2, -0.15) is 0 Å². The Morgan fingerprint density at radius 2 is 1.75 bits per heavy atom. The molecule has 1 N–H and O–H groups in total. The van der Waals surface area contributed by atoms with Crippen molar-refractivity contribution in [3.63, 3.8) is 0 Å². The van der Waals surface area contributed by atoms with Crippen LogP contribution < -0.4 is 4.72 Å². The van der Waals surface area contributed by atoms with E-state index in [1.807, 2.05) is 20.8 Å². The van der Waals surface area contributed by atoms with Crippen molar-refractivity contribution in [2.24, 2.45) is 11.3 Å². The van der Waals surface area contributed by atoms with Crippen LogP contribution in [-0.4, -0.2) is 35.2 Å². The van der Waals surface area contributed by atoms with Crippen molar-refractivity contribution in [2.75, 3.05) is 13.2 Å². The summed E-state index contributed by atoms with van der Waals surface area (Å²) < 4.78 is 26.9. The molecule has 0 aromatic heterocycles. The second-order valence-electron chi connectivity index (χ2n) is 7.89. The first-order valence-corrected chi connectivity index (χ1v) is 8.57. The second-order valence-corrected chi connectivity index (χ2v) is 9.89. The minimum atomic E-state index is -1.11. The van der Waals surface area contributed by atoms with Crippen LogP contribution in [0.2, 0.25) is 0 Å². The van der Waals surface area contributed by atoms with Gasteiger partial charge in [-0.05, 0) is 33.1 Å². The normalized spacial score (nSPS) is 22.9. The average molecular weight is 303 g/mol. The van der Waals surface area contributed by atoms with Gasteiger partial charge in [0.2, 0.25) is 0 Å². The van der Waals surface area contributed by atoms with E-state index in [1.165, 1.54) is 0 Å². The van der Waals surface area contributed by atoms with Crippen LogP contribution in [0.3, 0.4) is 0 Å². The van der Waals surface area contributed by atoms with Crippen LogP contribution in [0.4, 0.5) is 0 Å². The Labute approximate surface area is 127 Å². The maximum atomic E-state index is 12.3. The van der Waals surface area contributed by atoms with E-state index in [0.29, 0.717) is 19.1 Å². The van der Waals surface area contributed by atoms with Crippen LogP contribution in [0.25, 0.3) is 0 Å². The van der Waals surface area contributed by atoms with Gasteiger partial charge in [-0.3, -0.25) is 0 Å². The van der Waals surface area contributed by atoms with E-state index >= 15 is 0 Å². The molecule has 1 aliphatic rings. The fraction of sp³-hybridized carbons (Fsp3) is 1.00. The molecule has 1 heterocycles. The quantitative estimate of drug-likeness (QED) is 0.794. The molecule has 1 saturated heterocycles. The van der Waals surface area contributed by atoms with E-state index in [2.05, 4.69) is 32.4 Å². The number of hydrogen-bond donors (Lipinski definition) is 1. The lowest BCUT2D eigenvalue weighted by Gasteiger charge is -2.37. The Bertz CT molecular complexity index is 332. The lowest BCUT2D eigenvalue weighted by Crippen LogP contribution is -2.55. The molecule has 1 aliphatic heterocycles. The highest BCUT2D eigenvalue weighted by Crippen LogP contribution is 2.24. The van der Waals surface area contributed by atoms with Gasteiger partial charge in [-0.15, -0.1) is 0 Å². The minimum Gasteiger partial charge on any atom is -0.409 e. The molecule has 20 heavy (non-hydrogen) atoms. The Balaban J connectivity index is 2.68. The topological polar surface area (TPSA) is 47.6 Å². The van der Waals surface area contributed by atoms with Crippen molar-refractivity contribution < 1.29 is 13.5 Å². The van der Waals surface area contributed by atoms with Gasteiger partial charge in [0.15, 0.2) is 0 Å². The molecular weight excluding hydrogens is 273 g/mol. The highest BCUT2D eigenvalue weighted by atomic mass is 32.2. The zero-order valence-electron chi connectivity index (χ0n) is 14.0. The van der Waals surface area contributed by atoms with Crippen molar-refractivity contribution in [1.29, 1.82) is 0 Å². The number of rotatable bonds is 5. The van der Waals surface area contributed by atoms with Crippen LogP contribution in [0, 0.1) is 11.3 Å². The first-order valence-electron chi connectivity index (χ1n) is 7.42. The fourth-order valence-electron chi connectivity index (χ4n) is 1.97. The van der Waals surface area contributed by atoms with E-state index < -0.39 is 11.0 Å². The van der Waals surface area contributed by atoms with Crippen molar-refractivity contribution in [3.05, 3.63) is 0 Å². The number of hydrogen-bond acceptors (Lipinski definition) is 3. The molecular formula is C14H30BNO3S. The Kier molecular flexibility index (Phi) is 6.26. The van der Waals surface area contributed by atoms with E-state index in [9.17, 15) is 4.21 Å². The summed E-state index contributed by atoms with van der Waals surface area (Å²) in [6.45, 7) is 15.8. The van der Waals surface area contributed by atoms with Crippen LogP contribution in [0.15, 0.2) is 0 Å². The molecule has 1 fully saturated rings. The van der Waals surface area contributed by atoms with Gasteiger partial charge in [-0.25, -0.2) is 8.93 Å². The van der Waals surface area contributed by atoms with Gasteiger partial charge in [-0.1, -0.05) is 27.7 Å². The summed E-state index contributed by atoms with van der Waals surface area (Å²) in [5, 5.41) is 0. The third-order valence-corrected chi connectivity index (χ3v) is 4.77. The van der Waals surface area contributed by atoms with E-state index in [0.717, 1.165) is 6.42 Å². The smallest absolute Gasteiger partial charge is 0.409 e. The van der Waals surface area contributed by atoms with E-state index in [1.54, 1.807) is 0 Å². The van der Waals surface area contributed by atoms with Crippen LogP contribution in [0.5, 0.6) is 0 Å². The molecule has 0 amide bonds. The van der Waals surface area contributed by atoms with Gasteiger partial charge in [0.05, 0.1) is 21.7 Å². The van der Waals surface area contributed by atoms with Crippen molar-refractivity contribution in [2.45, 2.75) is 65.6 Å². The minimum absolute atomic E-state index is 0.0360. The summed E-state index contributed by atoms with van der Waals surface area (Å²) in [7, 11) is -1.42. The molecule has 0 unspecified atom stereocenters. The molecule has 118 valence electrons. The molecule has 4 nitrogen and oxygen atoms in total. The van der Waals surface area contributed by atoms with Crippen molar-refractivity contribution >= 4 is 18.1 Å². The summed E-state index contributed by atoms with van der Waals surface area (Å²) in [5.41, 5.74) is 0.0576. The van der Waals surface area contributed by atoms with Gasteiger partial charge in [0.1, 0.15) is 0 Å². The predicted octanol–water partition coefficient (Wildman–Crippen LogP) is 2.55. The third kappa shape index (κ3) is 5.84. The summed E-state index contributed by atoms with van der Waals surface area (Å²) in [5.74, 6) is 0.456. The second kappa shape index (κ2) is 6.90. The molecule has 0 aromatic rings. The fourth-order valence-corrected chi connectivity index (χ4v) is 2.81. The third-order valence-electron chi connectivity index (χ3n) is 3.15. The first-order chi connectivity index (χ1) is 9.01. The molecule has 0 radical (unpaired) electrons. The Hall–Kier alpha value is 0.0949. The largest absolute Gasteiger partial charge is 0.476 e. The van der Waals surface area contributed by atoms with E-state index in [4.69, 9.17) is 9.31 Å². The molecule has 0 aromatic carbocycles. The monoisotopic (exact) mass is 303 g/mol. The SMILES string of the molecule is CC(C)C[C@H](N[S@@](=O)C(C)(C)C)B1OCC(C)(C)CO1. The lowest BCUT2D eigenvalue weighted by atomic mass is 9.72. The highest BCUT2D eigenvalue weighted by molar-refractivity contribution is 7.84. The van der Waals surface area contributed by atoms with Crippen LogP contribution in [0.1, 0.15) is 54.9 Å². The van der Waals surface area contributed by atoms with Gasteiger partial charge in [0.25, 0.3) is 0 Å². The molecule has 1 rings (SSSR count). The zero-order valence-corrected chi connectivity index (χ0v) is 14.8. The van der Waals surface area contributed by atoms with Gasteiger partial charge in [0, 0.05) is 18.6 Å². The maximum Gasteiger partial charge on any atom is 0.476 e. The standard InChI is InChI=1S/C14H30BNO3S/c1-11(2)8-12(16-20(17)13(3,4)5)15-18-9-14(6,7)10-19-15/h11-12,16H,8-10H2,1-7H3/t12-,20-/m0/s1. The maximum absolute atomic E-state index is 12.3. The predicted molar refractivity (Wildman–Crippen MR) is 85.7 cm³/mol. The molecule has 0 aliphatic carbocycles. The number of nitrogens with one attached hydrogen (secondary N) is 1. The van der Waals surface area contributed by atoms with E-state index in [-0.39, 0.29) is 23.2 Å². The molecule has 0 bridgehead atoms. The van der Waals surface area contributed by atoms with Crippen molar-refractivity contribution in [3.8, 4) is 0 Å². The summed E-state index contributed by atoms with van der Waals surface area (Å²) in [4.78, 5) is 0. The average Bonchev–Trinajstić information content (AvgIpc) is 2.26. The summed E-state index contributed by atoms with van der Waals surface area (Å²) >= 11 is 0. The lowest BCUT2D eigenvalue weighted by molar-refractivity contribution is 0.0229. The Morgan fingerprint density at radius 3 is 2.15 bits per heavy atom. The highest BCUT2D eigenvalue weighted by Gasteiger charge is 2.39. The summed E-state index contributed by atoms with van der Waals surface area (Å²) in [6.07, 6.45) is 0.882. The van der Waals surface area contributed by atoms with Crippen LogP contribution >= 0.6 is 0 Å².